The molecule has 5 aromatic rings. The van der Waals surface area contributed by atoms with E-state index < -0.39 is 53.2 Å². The summed E-state index contributed by atoms with van der Waals surface area (Å²) in [7, 11) is 0. The van der Waals surface area contributed by atoms with E-state index in [0.717, 1.165) is 27.4 Å². The zero-order chi connectivity index (χ0) is 37.0. The van der Waals surface area contributed by atoms with Crippen LogP contribution in [-0.2, 0) is 25.7 Å². The van der Waals surface area contributed by atoms with Crippen LogP contribution in [0.3, 0.4) is 0 Å². The first-order valence-corrected chi connectivity index (χ1v) is 16.9. The van der Waals surface area contributed by atoms with Gasteiger partial charge in [-0.2, -0.15) is 0 Å². The fraction of sp³-hybridized carbons (Fsp3) is 0.268. The number of amides is 1. The largest absolute Gasteiger partial charge is 0.503 e. The number of carboxylic acids is 1. The average molecular weight is 705 g/mol. The van der Waals surface area contributed by atoms with Crippen LogP contribution in [0.4, 0.5) is 0 Å². The van der Waals surface area contributed by atoms with Gasteiger partial charge in [-0.1, -0.05) is 60.7 Å². The van der Waals surface area contributed by atoms with Crippen LogP contribution >= 0.6 is 0 Å². The Hall–Kier alpha value is -6.10. The standard InChI is InChI=1S/C41H40N2O9/c1-25(30(29-18-19-34-35(21-29)50-24-49-34)12-9-15-36-42-32-13-7-8-14-33(32)51-36)43(23-26-16-17-27-10-5-6-11-28(27)20-26)39(47)38(46)31(22-37(44)45)40(48)52-41(2,3)4/h5-11,13-21,25,30,46H,12,22-24H2,1-4H3,(H,44,45)/b15-9+,38-31-/t25-,30+/m1/s1. The highest BCUT2D eigenvalue weighted by Crippen LogP contribution is 2.38. The van der Waals surface area contributed by atoms with Crippen molar-refractivity contribution < 1.29 is 43.2 Å². The summed E-state index contributed by atoms with van der Waals surface area (Å²) in [6.07, 6.45) is 3.15. The average Bonchev–Trinajstić information content (AvgIpc) is 3.76. The number of para-hydroxylation sites is 2. The van der Waals surface area contributed by atoms with Crippen molar-refractivity contribution in [1.29, 1.82) is 0 Å². The monoisotopic (exact) mass is 704 g/mol. The molecule has 0 bridgehead atoms. The summed E-state index contributed by atoms with van der Waals surface area (Å²) in [5.74, 6) is -3.24. The third-order valence-electron chi connectivity index (χ3n) is 8.75. The lowest BCUT2D eigenvalue weighted by molar-refractivity contribution is -0.152. The zero-order valence-corrected chi connectivity index (χ0v) is 29.4. The van der Waals surface area contributed by atoms with Crippen molar-refractivity contribution in [2.24, 2.45) is 0 Å². The van der Waals surface area contributed by atoms with Gasteiger partial charge in [-0.25, -0.2) is 9.78 Å². The maximum Gasteiger partial charge on any atom is 0.339 e. The number of aliphatic carboxylic acids is 1. The Morgan fingerprint density at radius 1 is 0.923 bits per heavy atom. The van der Waals surface area contributed by atoms with Gasteiger partial charge in [0.1, 0.15) is 11.1 Å². The number of fused-ring (bicyclic) bond motifs is 3. The van der Waals surface area contributed by atoms with E-state index >= 15 is 0 Å². The predicted molar refractivity (Wildman–Crippen MR) is 195 cm³/mol. The Bertz CT molecular complexity index is 2160. The molecule has 0 saturated heterocycles. The second-order valence-electron chi connectivity index (χ2n) is 13.6. The first-order valence-electron chi connectivity index (χ1n) is 16.9. The van der Waals surface area contributed by atoms with Crippen LogP contribution in [0.15, 0.2) is 107 Å². The number of nitrogens with zero attached hydrogens (tertiary/aromatic N) is 2. The summed E-state index contributed by atoms with van der Waals surface area (Å²) in [5.41, 5.74) is 1.30. The second-order valence-corrected chi connectivity index (χ2v) is 13.6. The Balaban J connectivity index is 1.42. The third-order valence-corrected chi connectivity index (χ3v) is 8.75. The van der Waals surface area contributed by atoms with Crippen molar-refractivity contribution in [3.05, 3.63) is 119 Å². The number of aliphatic hydroxyl groups excluding tert-OH is 1. The van der Waals surface area contributed by atoms with Gasteiger partial charge in [-0.3, -0.25) is 9.59 Å². The van der Waals surface area contributed by atoms with Crippen LogP contribution in [0.1, 0.15) is 63.5 Å². The quantitative estimate of drug-likeness (QED) is 0.0745. The number of benzene rings is 4. The number of oxazole rings is 1. The van der Waals surface area contributed by atoms with Gasteiger partial charge in [-0.15, -0.1) is 0 Å². The van der Waals surface area contributed by atoms with E-state index in [-0.39, 0.29) is 13.3 Å². The summed E-state index contributed by atoms with van der Waals surface area (Å²) >= 11 is 0. The Morgan fingerprint density at radius 2 is 1.65 bits per heavy atom. The van der Waals surface area contributed by atoms with Crippen molar-refractivity contribution >= 4 is 45.8 Å². The van der Waals surface area contributed by atoms with Crippen molar-refractivity contribution in [1.82, 2.24) is 9.88 Å². The lowest BCUT2D eigenvalue weighted by Crippen LogP contribution is -2.43. The Labute approximate surface area is 300 Å². The minimum absolute atomic E-state index is 0.0272. The smallest absolute Gasteiger partial charge is 0.339 e. The van der Waals surface area contributed by atoms with Gasteiger partial charge in [-0.05, 0) is 92.4 Å². The molecule has 1 aliphatic heterocycles. The van der Waals surface area contributed by atoms with Gasteiger partial charge in [0.2, 0.25) is 12.7 Å². The molecule has 1 aromatic heterocycles. The van der Waals surface area contributed by atoms with Gasteiger partial charge in [0.15, 0.2) is 22.8 Å². The van der Waals surface area contributed by atoms with Gasteiger partial charge in [0.05, 0.1) is 12.0 Å². The van der Waals surface area contributed by atoms with Crippen LogP contribution in [0.25, 0.3) is 27.9 Å². The number of ether oxygens (including phenoxy) is 3. The highest BCUT2D eigenvalue weighted by atomic mass is 16.7. The molecule has 268 valence electrons. The summed E-state index contributed by atoms with van der Waals surface area (Å²) in [4.78, 5) is 45.6. The summed E-state index contributed by atoms with van der Waals surface area (Å²) < 4.78 is 22.6. The second kappa shape index (κ2) is 15.0. The van der Waals surface area contributed by atoms with E-state index in [9.17, 15) is 24.6 Å². The van der Waals surface area contributed by atoms with Crippen molar-refractivity contribution in [3.63, 3.8) is 0 Å². The number of hydrogen-bond donors (Lipinski definition) is 2. The number of esters is 1. The van der Waals surface area contributed by atoms with E-state index in [2.05, 4.69) is 4.98 Å². The SMILES string of the molecule is C[C@H]([C@H](C/C=C/c1nc2ccccc2o1)c1ccc2c(c1)OCO2)N(Cc1ccc2ccccc2c1)C(=O)/C(O)=C(\CC(=O)O)C(=O)OC(C)(C)C. The Morgan fingerprint density at radius 3 is 2.40 bits per heavy atom. The maximum absolute atomic E-state index is 14.5. The Kier molecular flexibility index (Phi) is 10.3. The highest BCUT2D eigenvalue weighted by Gasteiger charge is 2.35. The van der Waals surface area contributed by atoms with Crippen molar-refractivity contribution in [2.45, 2.75) is 64.6 Å². The fourth-order valence-electron chi connectivity index (χ4n) is 6.19. The van der Waals surface area contributed by atoms with Gasteiger partial charge in [0, 0.05) is 18.5 Å². The van der Waals surface area contributed by atoms with E-state index in [1.165, 1.54) is 4.90 Å². The molecule has 0 fully saturated rings. The van der Waals surface area contributed by atoms with Crippen LogP contribution in [0.2, 0.25) is 0 Å². The summed E-state index contributed by atoms with van der Waals surface area (Å²) in [5, 5.41) is 23.1. The molecular weight excluding hydrogens is 664 g/mol. The molecular formula is C41H40N2O9. The van der Waals surface area contributed by atoms with Crippen LogP contribution < -0.4 is 9.47 Å². The van der Waals surface area contributed by atoms with Gasteiger partial charge < -0.3 is 33.7 Å². The normalized spacial score (nSPS) is 14.3. The first kappa shape index (κ1) is 35.7. The molecule has 1 aliphatic rings. The van der Waals surface area contributed by atoms with E-state index in [1.54, 1.807) is 26.8 Å². The predicted octanol–water partition coefficient (Wildman–Crippen LogP) is 7.94. The van der Waals surface area contributed by atoms with Crippen molar-refractivity contribution in [3.8, 4) is 11.5 Å². The molecule has 0 spiro atoms. The molecule has 6 rings (SSSR count). The number of hydrogen-bond acceptors (Lipinski definition) is 9. The van der Waals surface area contributed by atoms with Gasteiger partial charge >= 0.3 is 11.9 Å². The molecule has 0 saturated carbocycles. The lowest BCUT2D eigenvalue weighted by atomic mass is 9.87. The number of rotatable bonds is 12. The number of aliphatic hydroxyl groups is 1. The number of carbonyl (C=O) groups excluding carboxylic acids is 2. The molecule has 1 amide bonds. The zero-order valence-electron chi connectivity index (χ0n) is 29.4. The number of aromatic nitrogens is 1. The molecule has 4 aromatic carbocycles. The summed E-state index contributed by atoms with van der Waals surface area (Å²) in [6.45, 7) is 6.79. The van der Waals surface area contributed by atoms with Crippen LogP contribution in [0, 0.1) is 0 Å². The van der Waals surface area contributed by atoms with E-state index in [1.807, 2.05) is 97.9 Å². The van der Waals surface area contributed by atoms with Crippen LogP contribution in [-0.4, -0.2) is 56.4 Å². The van der Waals surface area contributed by atoms with E-state index in [0.29, 0.717) is 29.4 Å². The minimum atomic E-state index is -1.41. The van der Waals surface area contributed by atoms with Gasteiger partial charge in [0.25, 0.3) is 5.91 Å². The number of carboxylic acid groups (broad SMARTS) is 1. The molecule has 2 N–H and O–H groups in total. The first-order chi connectivity index (χ1) is 24.9. The summed E-state index contributed by atoms with van der Waals surface area (Å²) in [6, 6.07) is 26.0. The molecule has 2 atom stereocenters. The number of carbonyl (C=O) groups is 3. The van der Waals surface area contributed by atoms with E-state index in [4.69, 9.17) is 18.6 Å². The molecule has 0 radical (unpaired) electrons. The lowest BCUT2D eigenvalue weighted by Gasteiger charge is -2.35. The molecule has 0 aliphatic carbocycles. The molecule has 11 heteroatoms. The maximum atomic E-state index is 14.5. The van der Waals surface area contributed by atoms with Crippen LogP contribution in [0.5, 0.6) is 11.5 Å². The van der Waals surface area contributed by atoms with Crippen molar-refractivity contribution in [2.75, 3.05) is 6.79 Å². The highest BCUT2D eigenvalue weighted by molar-refractivity contribution is 6.03. The topological polar surface area (TPSA) is 149 Å². The third kappa shape index (κ3) is 8.26. The number of allylic oxidation sites excluding steroid dienone is 1. The minimum Gasteiger partial charge on any atom is -0.503 e. The molecule has 11 nitrogen and oxygen atoms in total. The molecule has 52 heavy (non-hydrogen) atoms. The fourth-order valence-corrected chi connectivity index (χ4v) is 6.19. The molecule has 0 unspecified atom stereocenters. The molecule has 2 heterocycles.